The topological polar surface area (TPSA) is 49.4 Å². The molecule has 1 heterocycles. The van der Waals surface area contributed by atoms with Crippen LogP contribution in [-0.4, -0.2) is 34.8 Å². The van der Waals surface area contributed by atoms with Crippen molar-refractivity contribution in [3.8, 4) is 0 Å². The summed E-state index contributed by atoms with van der Waals surface area (Å²) >= 11 is 5.68. The van der Waals surface area contributed by atoms with Gasteiger partial charge in [0.05, 0.1) is 0 Å². The summed E-state index contributed by atoms with van der Waals surface area (Å²) in [5.74, 6) is 0.000962. The third kappa shape index (κ3) is 2.64. The number of nitrogens with one attached hydrogen (secondary N) is 1. The number of amides is 2. The fourth-order valence-electron chi connectivity index (χ4n) is 2.99. The predicted molar refractivity (Wildman–Crippen MR) is 74.7 cm³/mol. The molecule has 5 heteroatoms. The molecule has 2 amide bonds. The Morgan fingerprint density at radius 3 is 2.63 bits per heavy atom. The molecule has 1 spiro atoms. The van der Waals surface area contributed by atoms with E-state index < -0.39 is 11.6 Å². The highest BCUT2D eigenvalue weighted by Crippen LogP contribution is 2.33. The van der Waals surface area contributed by atoms with Crippen molar-refractivity contribution < 1.29 is 9.59 Å². The Morgan fingerprint density at radius 2 is 2.05 bits per heavy atom. The maximum atomic E-state index is 12.8. The van der Waals surface area contributed by atoms with Crippen molar-refractivity contribution in [1.29, 1.82) is 0 Å². The molecule has 1 saturated carbocycles. The van der Waals surface area contributed by atoms with Crippen LogP contribution in [0, 0.1) is 0 Å². The number of rotatable bonds is 2. The van der Waals surface area contributed by atoms with Gasteiger partial charge in [0.2, 0.25) is 11.8 Å². The van der Waals surface area contributed by atoms with E-state index in [0.29, 0.717) is 6.54 Å². The second-order valence-corrected chi connectivity index (χ2v) is 5.91. The maximum absolute atomic E-state index is 12.8. The number of halogens is 1. The molecule has 1 N–H and O–H groups in total. The van der Waals surface area contributed by atoms with E-state index in [0.717, 1.165) is 37.7 Å². The minimum absolute atomic E-state index is 0.0520. The van der Waals surface area contributed by atoms with Gasteiger partial charge in [0.15, 0.2) is 0 Å². The molecule has 1 saturated heterocycles. The first-order chi connectivity index (χ1) is 9.00. The van der Waals surface area contributed by atoms with Crippen LogP contribution in [0.4, 0.5) is 0 Å². The van der Waals surface area contributed by atoms with Crippen molar-refractivity contribution in [3.63, 3.8) is 0 Å². The van der Waals surface area contributed by atoms with Gasteiger partial charge in [-0.05, 0) is 32.3 Å². The predicted octanol–water partition coefficient (Wildman–Crippen LogP) is 2.18. The van der Waals surface area contributed by atoms with Crippen LogP contribution in [0.1, 0.15) is 46.0 Å². The number of hydrogen-bond acceptors (Lipinski definition) is 2. The molecule has 0 aromatic rings. The molecule has 0 aromatic carbocycles. The van der Waals surface area contributed by atoms with E-state index in [1.54, 1.807) is 11.8 Å². The van der Waals surface area contributed by atoms with Gasteiger partial charge in [-0.2, -0.15) is 0 Å². The molecule has 2 rings (SSSR count). The van der Waals surface area contributed by atoms with Gasteiger partial charge in [0.25, 0.3) is 0 Å². The fourth-order valence-corrected chi connectivity index (χ4v) is 3.06. The quantitative estimate of drug-likeness (QED) is 0.845. The van der Waals surface area contributed by atoms with Gasteiger partial charge >= 0.3 is 0 Å². The standard InChI is InChI=1S/C14H21ClN2O2/c1-10(8-15)9-17-11(2)12(18)16-14(13(17)19)6-4-3-5-7-14/h8,11H,3-7,9H2,1-2H3,(H,16,18). The van der Waals surface area contributed by atoms with Gasteiger partial charge in [0, 0.05) is 12.1 Å². The molecule has 0 bridgehead atoms. The van der Waals surface area contributed by atoms with E-state index in [4.69, 9.17) is 11.6 Å². The van der Waals surface area contributed by atoms with Crippen LogP contribution in [0.2, 0.25) is 0 Å². The highest BCUT2D eigenvalue weighted by Gasteiger charge is 2.49. The molecule has 1 unspecified atom stereocenters. The Hall–Kier alpha value is -1.03. The molecule has 2 aliphatic rings. The molecule has 1 aliphatic heterocycles. The van der Waals surface area contributed by atoms with Crippen molar-refractivity contribution in [2.45, 2.75) is 57.5 Å². The highest BCUT2D eigenvalue weighted by atomic mass is 35.5. The number of carbonyl (C=O) groups excluding carboxylic acids is 2. The van der Waals surface area contributed by atoms with Gasteiger partial charge in [0.1, 0.15) is 11.6 Å². The Morgan fingerprint density at radius 1 is 1.42 bits per heavy atom. The molecular weight excluding hydrogens is 264 g/mol. The summed E-state index contributed by atoms with van der Waals surface area (Å²) in [6.07, 6.45) is 4.65. The van der Waals surface area contributed by atoms with Crippen molar-refractivity contribution in [2.24, 2.45) is 0 Å². The highest BCUT2D eigenvalue weighted by molar-refractivity contribution is 6.25. The van der Waals surface area contributed by atoms with E-state index in [1.807, 2.05) is 6.92 Å². The first kappa shape index (κ1) is 14.4. The van der Waals surface area contributed by atoms with Crippen LogP contribution in [0.3, 0.4) is 0 Å². The van der Waals surface area contributed by atoms with Crippen LogP contribution in [-0.2, 0) is 9.59 Å². The lowest BCUT2D eigenvalue weighted by Crippen LogP contribution is -2.70. The second kappa shape index (κ2) is 5.53. The summed E-state index contributed by atoms with van der Waals surface area (Å²) in [5, 5.41) is 2.97. The van der Waals surface area contributed by atoms with Crippen molar-refractivity contribution in [2.75, 3.05) is 6.54 Å². The molecule has 1 aliphatic carbocycles. The zero-order valence-electron chi connectivity index (χ0n) is 11.5. The van der Waals surface area contributed by atoms with E-state index in [9.17, 15) is 9.59 Å². The van der Waals surface area contributed by atoms with E-state index in [1.165, 1.54) is 5.54 Å². The lowest BCUT2D eigenvalue weighted by Gasteiger charge is -2.47. The first-order valence-electron chi connectivity index (χ1n) is 6.89. The first-order valence-corrected chi connectivity index (χ1v) is 7.33. The largest absolute Gasteiger partial charge is 0.340 e. The number of hydrogen-bond donors (Lipinski definition) is 1. The number of carbonyl (C=O) groups is 2. The van der Waals surface area contributed by atoms with Crippen molar-refractivity contribution in [3.05, 3.63) is 11.1 Å². The summed E-state index contributed by atoms with van der Waals surface area (Å²) < 4.78 is 0. The summed E-state index contributed by atoms with van der Waals surface area (Å²) in [5.41, 5.74) is 1.71. The number of nitrogens with zero attached hydrogens (tertiary/aromatic N) is 1. The monoisotopic (exact) mass is 284 g/mol. The summed E-state index contributed by atoms with van der Waals surface area (Å²) in [4.78, 5) is 26.6. The van der Waals surface area contributed by atoms with Gasteiger partial charge in [-0.3, -0.25) is 9.59 Å². The number of piperazine rings is 1. The second-order valence-electron chi connectivity index (χ2n) is 5.70. The van der Waals surface area contributed by atoms with Crippen molar-refractivity contribution >= 4 is 23.4 Å². The zero-order valence-corrected chi connectivity index (χ0v) is 12.3. The van der Waals surface area contributed by atoms with Crippen LogP contribution < -0.4 is 5.32 Å². The van der Waals surface area contributed by atoms with Gasteiger partial charge in [-0.15, -0.1) is 0 Å². The van der Waals surface area contributed by atoms with Crippen molar-refractivity contribution in [1.82, 2.24) is 10.2 Å². The normalized spacial score (nSPS) is 27.6. The molecule has 4 nitrogen and oxygen atoms in total. The van der Waals surface area contributed by atoms with E-state index in [-0.39, 0.29) is 11.8 Å². The van der Waals surface area contributed by atoms with E-state index in [2.05, 4.69) is 5.32 Å². The van der Waals surface area contributed by atoms with Gasteiger partial charge in [-0.25, -0.2) is 0 Å². The third-order valence-electron chi connectivity index (χ3n) is 4.19. The Labute approximate surface area is 119 Å². The molecule has 0 aromatic heterocycles. The van der Waals surface area contributed by atoms with Crippen LogP contribution in [0.25, 0.3) is 0 Å². The van der Waals surface area contributed by atoms with Crippen LogP contribution in [0.15, 0.2) is 11.1 Å². The Kier molecular flexibility index (Phi) is 4.19. The van der Waals surface area contributed by atoms with Gasteiger partial charge in [-0.1, -0.05) is 30.9 Å². The minimum atomic E-state index is -0.658. The zero-order chi connectivity index (χ0) is 14.0. The summed E-state index contributed by atoms with van der Waals surface area (Å²) in [7, 11) is 0. The van der Waals surface area contributed by atoms with Crippen LogP contribution in [0.5, 0.6) is 0 Å². The Bertz CT molecular complexity index is 414. The minimum Gasteiger partial charge on any atom is -0.340 e. The molecule has 0 radical (unpaired) electrons. The van der Waals surface area contributed by atoms with Crippen LogP contribution >= 0.6 is 11.6 Å². The lowest BCUT2D eigenvalue weighted by molar-refractivity contribution is -0.155. The average Bonchev–Trinajstić information content (AvgIpc) is 2.42. The summed E-state index contributed by atoms with van der Waals surface area (Å²) in [6, 6.07) is -0.424. The smallest absolute Gasteiger partial charge is 0.249 e. The molecule has 1 atom stereocenters. The Balaban J connectivity index is 2.25. The molecule has 2 fully saturated rings. The van der Waals surface area contributed by atoms with E-state index >= 15 is 0 Å². The average molecular weight is 285 g/mol. The maximum Gasteiger partial charge on any atom is 0.249 e. The molecule has 106 valence electrons. The lowest BCUT2D eigenvalue weighted by atomic mass is 9.78. The van der Waals surface area contributed by atoms with Gasteiger partial charge < -0.3 is 10.2 Å². The molecular formula is C14H21ClN2O2. The fraction of sp³-hybridized carbons (Fsp3) is 0.714. The third-order valence-corrected chi connectivity index (χ3v) is 4.57. The summed E-state index contributed by atoms with van der Waals surface area (Å²) in [6.45, 7) is 4.07. The molecule has 19 heavy (non-hydrogen) atoms. The SMILES string of the molecule is CC(=CCl)CN1C(=O)C2(CCCCC2)NC(=O)C1C.